The van der Waals surface area contributed by atoms with Crippen molar-refractivity contribution in [3.8, 4) is 0 Å². The molecule has 0 unspecified atom stereocenters. The highest BCUT2D eigenvalue weighted by Crippen LogP contribution is 2.20. The Morgan fingerprint density at radius 3 is 2.67 bits per heavy atom. The smallest absolute Gasteiger partial charge is 0.126 e. The first-order valence-electron chi connectivity index (χ1n) is 1.49. The molecule has 0 aromatic rings. The van der Waals surface area contributed by atoms with Gasteiger partial charge in [-0.25, -0.2) is 0 Å². The molecule has 0 saturated heterocycles. The zero-order chi connectivity index (χ0) is 4.41. The van der Waals surface area contributed by atoms with E-state index in [1.54, 1.807) is 18.0 Å². The number of thioether (sulfide) groups is 1. The summed E-state index contributed by atoms with van der Waals surface area (Å²) in [5, 5.41) is 1.91. The van der Waals surface area contributed by atoms with Crippen molar-refractivity contribution < 1.29 is 0 Å². The Hall–Kier alpha value is 0.180. The molecule has 0 amide bonds. The summed E-state index contributed by atoms with van der Waals surface area (Å²) < 4.78 is 1.49. The quantitative estimate of drug-likeness (QED) is 0.449. The van der Waals surface area contributed by atoms with Crippen LogP contribution in [0.2, 0.25) is 0 Å². The van der Waals surface area contributed by atoms with Crippen molar-refractivity contribution >= 4 is 23.5 Å². The number of nitrogens with zero attached hydrogens (tertiary/aromatic N) is 1. The molecule has 1 heterocycles. The molecular weight excluding hydrogens is 118 g/mol. The number of halogens is 1. The van der Waals surface area contributed by atoms with Gasteiger partial charge in [0.25, 0.3) is 0 Å². The van der Waals surface area contributed by atoms with Gasteiger partial charge in [0, 0.05) is 18.0 Å². The van der Waals surface area contributed by atoms with Crippen LogP contribution in [0.3, 0.4) is 0 Å². The molecule has 0 aromatic carbocycles. The van der Waals surface area contributed by atoms with Crippen molar-refractivity contribution in [3.05, 3.63) is 17.5 Å². The molecule has 0 bridgehead atoms. The zero-order valence-electron chi connectivity index (χ0n) is 2.97. The van der Waals surface area contributed by atoms with E-state index >= 15 is 0 Å². The van der Waals surface area contributed by atoms with Crippen LogP contribution in [0.15, 0.2) is 11.6 Å². The van der Waals surface area contributed by atoms with Crippen molar-refractivity contribution in [2.24, 2.45) is 0 Å². The van der Waals surface area contributed by atoms with Crippen LogP contribution in [0.5, 0.6) is 0 Å². The van der Waals surface area contributed by atoms with Crippen LogP contribution in [0.1, 0.15) is 0 Å². The fraction of sp³-hybridized carbons (Fsp3) is 0. The molecule has 0 atom stereocenters. The Morgan fingerprint density at radius 2 is 2.50 bits per heavy atom. The van der Waals surface area contributed by atoms with Crippen LogP contribution in [-0.4, -0.2) is 4.42 Å². The van der Waals surface area contributed by atoms with Gasteiger partial charge in [0.2, 0.25) is 0 Å². The molecule has 1 rings (SSSR count). The predicted molar refractivity (Wildman–Crippen MR) is 28.7 cm³/mol. The molecule has 1 aliphatic heterocycles. The summed E-state index contributed by atoms with van der Waals surface area (Å²) in [5.74, 6) is 1.81. The lowest BCUT2D eigenvalue weighted by molar-refractivity contribution is 0.815. The number of rotatable bonds is 0. The fourth-order valence-corrected chi connectivity index (χ4v) is 0.941. The van der Waals surface area contributed by atoms with E-state index in [2.05, 4.69) is 0 Å². The highest BCUT2D eigenvalue weighted by atomic mass is 35.5. The molecule has 0 aliphatic carbocycles. The molecular formula is C3H3ClNS. The summed E-state index contributed by atoms with van der Waals surface area (Å²) in [6.07, 6.45) is 1.78. The minimum Gasteiger partial charge on any atom is -0.276 e. The second-order valence-electron chi connectivity index (χ2n) is 0.871. The third kappa shape index (κ3) is 0.820. The standard InChI is InChI=1S/C3H3ClNS/c4-5-1-2-6-3-5/h1-3H. The first-order valence-corrected chi connectivity index (χ1v) is 2.77. The third-order valence-corrected chi connectivity index (χ3v) is 1.40. The Bertz CT molecular complexity index is 73.2. The fourth-order valence-electron chi connectivity index (χ4n) is 0.222. The highest BCUT2D eigenvalue weighted by Gasteiger charge is 1.97. The molecule has 0 spiro atoms. The molecule has 1 aliphatic rings. The van der Waals surface area contributed by atoms with Gasteiger partial charge in [-0.2, -0.15) is 0 Å². The molecule has 33 valence electrons. The van der Waals surface area contributed by atoms with Gasteiger partial charge in [0.05, 0.1) is 0 Å². The summed E-state index contributed by atoms with van der Waals surface area (Å²) in [6.45, 7) is 0. The predicted octanol–water partition coefficient (Wildman–Crippen LogP) is 1.78. The van der Waals surface area contributed by atoms with E-state index in [-0.39, 0.29) is 0 Å². The van der Waals surface area contributed by atoms with Gasteiger partial charge in [0.1, 0.15) is 5.88 Å². The van der Waals surface area contributed by atoms with Gasteiger partial charge in [-0.1, -0.05) is 0 Å². The van der Waals surface area contributed by atoms with Crippen LogP contribution in [0.4, 0.5) is 0 Å². The van der Waals surface area contributed by atoms with Crippen molar-refractivity contribution in [2.75, 3.05) is 0 Å². The average molecular weight is 121 g/mol. The second-order valence-corrected chi connectivity index (χ2v) is 2.02. The summed E-state index contributed by atoms with van der Waals surface area (Å²) in [5.41, 5.74) is 0. The monoisotopic (exact) mass is 120 g/mol. The van der Waals surface area contributed by atoms with Crippen molar-refractivity contribution in [1.82, 2.24) is 4.42 Å². The van der Waals surface area contributed by atoms with Gasteiger partial charge < -0.3 is 0 Å². The topological polar surface area (TPSA) is 3.24 Å². The maximum Gasteiger partial charge on any atom is 0.126 e. The van der Waals surface area contributed by atoms with Crippen LogP contribution in [0, 0.1) is 5.88 Å². The lowest BCUT2D eigenvalue weighted by Gasteiger charge is -1.95. The third-order valence-electron chi connectivity index (χ3n) is 0.443. The van der Waals surface area contributed by atoms with Crippen molar-refractivity contribution in [1.29, 1.82) is 0 Å². The maximum atomic E-state index is 5.38. The molecule has 6 heavy (non-hydrogen) atoms. The normalized spacial score (nSPS) is 19.8. The highest BCUT2D eigenvalue weighted by molar-refractivity contribution is 8.04. The van der Waals surface area contributed by atoms with Crippen LogP contribution >= 0.6 is 23.5 Å². The van der Waals surface area contributed by atoms with E-state index in [0.717, 1.165) is 0 Å². The minimum atomic E-state index is 1.49. The Balaban J connectivity index is 2.38. The minimum absolute atomic E-state index is 1.49. The van der Waals surface area contributed by atoms with E-state index < -0.39 is 0 Å². The maximum absolute atomic E-state index is 5.38. The van der Waals surface area contributed by atoms with Crippen LogP contribution < -0.4 is 0 Å². The van der Waals surface area contributed by atoms with E-state index in [0.29, 0.717) is 0 Å². The molecule has 0 fully saturated rings. The Kier molecular flexibility index (Phi) is 1.27. The van der Waals surface area contributed by atoms with Gasteiger partial charge in [-0.15, -0.1) is 11.8 Å². The molecule has 3 heteroatoms. The van der Waals surface area contributed by atoms with Crippen molar-refractivity contribution in [2.45, 2.75) is 0 Å². The number of hydrogen-bond acceptors (Lipinski definition) is 2. The first-order chi connectivity index (χ1) is 2.89. The zero-order valence-corrected chi connectivity index (χ0v) is 4.54. The Morgan fingerprint density at radius 1 is 1.67 bits per heavy atom. The van der Waals surface area contributed by atoms with E-state index in [4.69, 9.17) is 11.8 Å². The van der Waals surface area contributed by atoms with Gasteiger partial charge in [0.15, 0.2) is 0 Å². The lowest BCUT2D eigenvalue weighted by atomic mass is 11.0. The molecule has 1 nitrogen and oxygen atoms in total. The summed E-state index contributed by atoms with van der Waals surface area (Å²) in [6, 6.07) is 0. The summed E-state index contributed by atoms with van der Waals surface area (Å²) in [4.78, 5) is 0. The van der Waals surface area contributed by atoms with E-state index in [1.807, 2.05) is 11.3 Å². The van der Waals surface area contributed by atoms with E-state index in [9.17, 15) is 0 Å². The molecule has 1 radical (unpaired) electrons. The lowest BCUT2D eigenvalue weighted by Crippen LogP contribution is -1.86. The van der Waals surface area contributed by atoms with Gasteiger partial charge in [-0.05, 0) is 5.41 Å². The van der Waals surface area contributed by atoms with Gasteiger partial charge >= 0.3 is 0 Å². The molecule has 0 aromatic heterocycles. The van der Waals surface area contributed by atoms with Crippen LogP contribution in [0.25, 0.3) is 0 Å². The average Bonchev–Trinajstić information content (AvgIpc) is 1.86. The number of hydrogen-bond donors (Lipinski definition) is 0. The van der Waals surface area contributed by atoms with Gasteiger partial charge in [-0.3, -0.25) is 4.42 Å². The summed E-state index contributed by atoms with van der Waals surface area (Å²) in [7, 11) is 0. The van der Waals surface area contributed by atoms with E-state index in [1.165, 1.54) is 4.42 Å². The SMILES string of the molecule is ClN1[CH]SC=C1. The first kappa shape index (κ1) is 4.34. The molecule has 0 saturated carbocycles. The van der Waals surface area contributed by atoms with Crippen molar-refractivity contribution in [3.63, 3.8) is 0 Å². The second kappa shape index (κ2) is 1.76. The Labute approximate surface area is 46.1 Å². The summed E-state index contributed by atoms with van der Waals surface area (Å²) >= 11 is 6.95. The largest absolute Gasteiger partial charge is 0.276 e. The van der Waals surface area contributed by atoms with Crippen LogP contribution in [-0.2, 0) is 0 Å². The molecule has 0 N–H and O–H groups in total.